The van der Waals surface area contributed by atoms with Gasteiger partial charge in [0.25, 0.3) is 0 Å². The molecule has 0 saturated heterocycles. The summed E-state index contributed by atoms with van der Waals surface area (Å²) in [6.07, 6.45) is 7.40. The zero-order chi connectivity index (χ0) is 12.1. The Morgan fingerprint density at radius 3 is 2.88 bits per heavy atom. The number of hydrogen-bond donors (Lipinski definition) is 2. The van der Waals surface area contributed by atoms with Gasteiger partial charge in [-0.1, -0.05) is 24.5 Å². The minimum atomic E-state index is -0.149. The molecule has 1 heterocycles. The molecule has 6 heteroatoms. The average Bonchev–Trinajstić information content (AvgIpc) is 2.78. The van der Waals surface area contributed by atoms with Gasteiger partial charge in [-0.25, -0.2) is 4.68 Å². The van der Waals surface area contributed by atoms with Crippen molar-refractivity contribution in [3.05, 3.63) is 11.9 Å². The molecule has 1 fully saturated rings. The molecule has 0 radical (unpaired) electrons. The molecule has 2 N–H and O–H groups in total. The van der Waals surface area contributed by atoms with Crippen LogP contribution in [0.25, 0.3) is 0 Å². The summed E-state index contributed by atoms with van der Waals surface area (Å²) < 4.78 is 1.45. The Morgan fingerprint density at radius 1 is 1.47 bits per heavy atom. The van der Waals surface area contributed by atoms with Gasteiger partial charge in [0.1, 0.15) is 12.2 Å². The minimum absolute atomic E-state index is 0.0358. The van der Waals surface area contributed by atoms with Crippen molar-refractivity contribution < 1.29 is 9.90 Å². The standard InChI is InChI=1S/C11H18N4O2/c16-8-10-6-15(14-13-10)7-11(17)12-9-4-2-1-3-5-9/h6,9,16H,1-5,7-8H2,(H,12,17). The monoisotopic (exact) mass is 238 g/mol. The molecule has 1 aliphatic rings. The number of nitrogens with one attached hydrogen (secondary N) is 1. The summed E-state index contributed by atoms with van der Waals surface area (Å²) in [6, 6.07) is 0.317. The van der Waals surface area contributed by atoms with Crippen molar-refractivity contribution in [3.8, 4) is 0 Å². The van der Waals surface area contributed by atoms with E-state index in [9.17, 15) is 4.79 Å². The molecule has 1 saturated carbocycles. The molecular weight excluding hydrogens is 220 g/mol. The van der Waals surface area contributed by atoms with Crippen LogP contribution < -0.4 is 5.32 Å². The fourth-order valence-corrected chi connectivity index (χ4v) is 2.16. The number of rotatable bonds is 4. The van der Waals surface area contributed by atoms with E-state index in [1.807, 2.05) is 0 Å². The Bertz CT molecular complexity index is 371. The Hall–Kier alpha value is -1.43. The van der Waals surface area contributed by atoms with Gasteiger partial charge < -0.3 is 10.4 Å². The summed E-state index contributed by atoms with van der Waals surface area (Å²) in [5.74, 6) is -0.0358. The fourth-order valence-electron chi connectivity index (χ4n) is 2.16. The predicted molar refractivity (Wildman–Crippen MR) is 61.0 cm³/mol. The van der Waals surface area contributed by atoms with Crippen molar-refractivity contribution in [2.75, 3.05) is 0 Å². The van der Waals surface area contributed by atoms with Crippen LogP contribution in [0.5, 0.6) is 0 Å². The summed E-state index contributed by atoms with van der Waals surface area (Å²) >= 11 is 0. The van der Waals surface area contributed by atoms with Crippen molar-refractivity contribution in [2.45, 2.75) is 51.3 Å². The number of carbonyl (C=O) groups excluding carboxylic acids is 1. The van der Waals surface area contributed by atoms with Crippen molar-refractivity contribution in [1.82, 2.24) is 20.3 Å². The third-order valence-electron chi connectivity index (χ3n) is 3.02. The van der Waals surface area contributed by atoms with E-state index < -0.39 is 0 Å². The molecule has 1 amide bonds. The molecule has 0 aliphatic heterocycles. The van der Waals surface area contributed by atoms with E-state index in [4.69, 9.17) is 5.11 Å². The highest BCUT2D eigenvalue weighted by atomic mass is 16.3. The van der Waals surface area contributed by atoms with Gasteiger partial charge in [0.15, 0.2) is 0 Å². The highest BCUT2D eigenvalue weighted by molar-refractivity contribution is 5.75. The summed E-state index contributed by atoms with van der Waals surface area (Å²) in [6.45, 7) is 0.0216. The molecule has 2 rings (SSSR count). The number of hydrogen-bond acceptors (Lipinski definition) is 4. The summed E-state index contributed by atoms with van der Waals surface area (Å²) in [5.41, 5.74) is 0.482. The maximum absolute atomic E-state index is 11.7. The molecule has 1 aromatic heterocycles. The Morgan fingerprint density at radius 2 is 2.24 bits per heavy atom. The van der Waals surface area contributed by atoms with Gasteiger partial charge in [-0.2, -0.15) is 0 Å². The van der Waals surface area contributed by atoms with Gasteiger partial charge in [-0.05, 0) is 12.8 Å². The fraction of sp³-hybridized carbons (Fsp3) is 0.727. The first kappa shape index (κ1) is 12.0. The molecule has 0 spiro atoms. The second-order valence-electron chi connectivity index (χ2n) is 4.47. The Balaban J connectivity index is 1.79. The molecular formula is C11H18N4O2. The first-order valence-corrected chi connectivity index (χ1v) is 6.07. The van der Waals surface area contributed by atoms with Crippen molar-refractivity contribution in [2.24, 2.45) is 0 Å². The Labute approximate surface area is 100 Å². The maximum Gasteiger partial charge on any atom is 0.242 e. The molecule has 0 atom stereocenters. The second-order valence-corrected chi connectivity index (χ2v) is 4.47. The van der Waals surface area contributed by atoms with E-state index >= 15 is 0 Å². The lowest BCUT2D eigenvalue weighted by Gasteiger charge is -2.22. The van der Waals surface area contributed by atoms with Crippen molar-refractivity contribution in [1.29, 1.82) is 0 Å². The number of nitrogens with zero attached hydrogens (tertiary/aromatic N) is 3. The lowest BCUT2D eigenvalue weighted by atomic mass is 9.95. The largest absolute Gasteiger partial charge is 0.390 e. The minimum Gasteiger partial charge on any atom is -0.390 e. The lowest BCUT2D eigenvalue weighted by molar-refractivity contribution is -0.122. The topological polar surface area (TPSA) is 80.0 Å². The molecule has 0 bridgehead atoms. The molecule has 94 valence electrons. The zero-order valence-electron chi connectivity index (χ0n) is 9.80. The average molecular weight is 238 g/mol. The zero-order valence-corrected chi connectivity index (χ0v) is 9.80. The van der Waals surface area contributed by atoms with Crippen LogP contribution in [0.15, 0.2) is 6.20 Å². The number of aliphatic hydroxyl groups excluding tert-OH is 1. The Kier molecular flexibility index (Phi) is 4.08. The van der Waals surface area contributed by atoms with Crippen LogP contribution in [0, 0.1) is 0 Å². The number of carbonyl (C=O) groups is 1. The molecule has 1 aromatic rings. The van der Waals surface area contributed by atoms with E-state index in [1.54, 1.807) is 6.20 Å². The first-order chi connectivity index (χ1) is 8.28. The molecule has 17 heavy (non-hydrogen) atoms. The highest BCUT2D eigenvalue weighted by Gasteiger charge is 2.16. The van der Waals surface area contributed by atoms with Crippen LogP contribution in [-0.4, -0.2) is 32.0 Å². The summed E-state index contributed by atoms with van der Waals surface area (Å²) in [5, 5.41) is 19.3. The van der Waals surface area contributed by atoms with Crippen LogP contribution in [0.4, 0.5) is 0 Å². The van der Waals surface area contributed by atoms with Gasteiger partial charge in [0.2, 0.25) is 5.91 Å². The summed E-state index contributed by atoms with van der Waals surface area (Å²) in [4.78, 5) is 11.7. The van der Waals surface area contributed by atoms with Gasteiger partial charge in [0.05, 0.1) is 12.8 Å². The highest BCUT2D eigenvalue weighted by Crippen LogP contribution is 2.17. The van der Waals surface area contributed by atoms with E-state index in [1.165, 1.54) is 23.9 Å². The lowest BCUT2D eigenvalue weighted by Crippen LogP contribution is -2.38. The van der Waals surface area contributed by atoms with Gasteiger partial charge in [0, 0.05) is 6.04 Å². The smallest absolute Gasteiger partial charge is 0.242 e. The van der Waals surface area contributed by atoms with Gasteiger partial charge in [-0.3, -0.25) is 4.79 Å². The van der Waals surface area contributed by atoms with E-state index in [0.717, 1.165) is 12.8 Å². The molecule has 0 unspecified atom stereocenters. The van der Waals surface area contributed by atoms with Crippen LogP contribution in [-0.2, 0) is 17.9 Å². The number of aromatic nitrogens is 3. The SMILES string of the molecule is O=C(Cn1cc(CO)nn1)NC1CCCCC1. The third-order valence-corrected chi connectivity index (χ3v) is 3.02. The van der Waals surface area contributed by atoms with Gasteiger partial charge >= 0.3 is 0 Å². The molecule has 1 aliphatic carbocycles. The molecule has 0 aromatic carbocycles. The first-order valence-electron chi connectivity index (χ1n) is 6.07. The number of amides is 1. The van der Waals surface area contributed by atoms with Crippen molar-refractivity contribution >= 4 is 5.91 Å². The van der Waals surface area contributed by atoms with Crippen LogP contribution in [0.2, 0.25) is 0 Å². The third kappa shape index (κ3) is 3.52. The predicted octanol–water partition coefficient (Wildman–Crippen LogP) is 0.219. The quantitative estimate of drug-likeness (QED) is 0.786. The van der Waals surface area contributed by atoms with Crippen LogP contribution in [0.1, 0.15) is 37.8 Å². The maximum atomic E-state index is 11.7. The van der Waals surface area contributed by atoms with E-state index in [-0.39, 0.29) is 19.1 Å². The normalized spacial score (nSPS) is 17.0. The van der Waals surface area contributed by atoms with Crippen LogP contribution in [0.3, 0.4) is 0 Å². The second kappa shape index (κ2) is 5.77. The van der Waals surface area contributed by atoms with Gasteiger partial charge in [-0.15, -0.1) is 5.10 Å². The summed E-state index contributed by atoms with van der Waals surface area (Å²) in [7, 11) is 0. The van der Waals surface area contributed by atoms with Crippen LogP contribution >= 0.6 is 0 Å². The van der Waals surface area contributed by atoms with E-state index in [0.29, 0.717) is 11.7 Å². The van der Waals surface area contributed by atoms with E-state index in [2.05, 4.69) is 15.6 Å². The number of aliphatic hydroxyl groups is 1. The van der Waals surface area contributed by atoms with Crippen molar-refractivity contribution in [3.63, 3.8) is 0 Å². The molecule has 6 nitrogen and oxygen atoms in total.